The third-order valence-corrected chi connectivity index (χ3v) is 6.92. The SMILES string of the molecule is COc1ccc(N2C(=O)C(=O)/C(=C(/O)c3ccc(OC)c(C(C)(C)C)c3)C2c2ccccc2C)cc1Cl. The minimum absolute atomic E-state index is 0.0104. The fourth-order valence-corrected chi connectivity index (χ4v) is 4.94. The fourth-order valence-electron chi connectivity index (χ4n) is 4.69. The normalized spacial score (nSPS) is 17.3. The van der Waals surface area contributed by atoms with Gasteiger partial charge in [0, 0.05) is 16.8 Å². The van der Waals surface area contributed by atoms with Crippen molar-refractivity contribution in [3.8, 4) is 11.5 Å². The second-order valence-corrected chi connectivity index (χ2v) is 10.4. The number of hydrogen-bond acceptors (Lipinski definition) is 5. The molecule has 1 heterocycles. The number of carbonyl (C=O) groups is 2. The number of anilines is 1. The first-order chi connectivity index (χ1) is 17.5. The lowest BCUT2D eigenvalue weighted by Crippen LogP contribution is -2.29. The molecule has 0 radical (unpaired) electrons. The predicted octanol–water partition coefficient (Wildman–Crippen LogP) is 6.59. The number of aliphatic hydroxyl groups is 1. The third-order valence-electron chi connectivity index (χ3n) is 6.62. The van der Waals surface area contributed by atoms with E-state index in [9.17, 15) is 14.7 Å². The molecule has 1 atom stereocenters. The molecule has 1 aliphatic heterocycles. The summed E-state index contributed by atoms with van der Waals surface area (Å²) in [4.78, 5) is 28.4. The Morgan fingerprint density at radius 3 is 2.19 bits per heavy atom. The van der Waals surface area contributed by atoms with Crippen LogP contribution in [0.3, 0.4) is 0 Å². The van der Waals surface area contributed by atoms with Crippen molar-refractivity contribution in [3.63, 3.8) is 0 Å². The van der Waals surface area contributed by atoms with E-state index >= 15 is 0 Å². The lowest BCUT2D eigenvalue weighted by atomic mass is 9.84. The zero-order valence-corrected chi connectivity index (χ0v) is 22.5. The van der Waals surface area contributed by atoms with E-state index in [1.165, 1.54) is 12.0 Å². The van der Waals surface area contributed by atoms with E-state index < -0.39 is 17.7 Å². The number of benzene rings is 3. The first-order valence-corrected chi connectivity index (χ1v) is 12.3. The fraction of sp³-hybridized carbons (Fsp3) is 0.267. The van der Waals surface area contributed by atoms with Gasteiger partial charge in [-0.2, -0.15) is 0 Å². The Bertz CT molecular complexity index is 1420. The number of carbonyl (C=O) groups excluding carboxylic acids is 2. The van der Waals surface area contributed by atoms with Gasteiger partial charge in [-0.3, -0.25) is 14.5 Å². The molecule has 3 aromatic carbocycles. The minimum Gasteiger partial charge on any atom is -0.507 e. The summed E-state index contributed by atoms with van der Waals surface area (Å²) >= 11 is 6.38. The number of ether oxygens (including phenoxy) is 2. The van der Waals surface area contributed by atoms with E-state index in [0.29, 0.717) is 27.8 Å². The number of ketones is 1. The second kappa shape index (κ2) is 9.94. The standard InChI is InChI=1S/C30H30ClNO5/c1-17-9-7-8-10-20(17)26-25(27(33)18-11-13-23(36-5)21(15-18)30(2,3)4)28(34)29(35)32(26)19-12-14-24(37-6)22(31)16-19/h7-16,26,33H,1-6H3/b27-25+. The second-order valence-electron chi connectivity index (χ2n) is 10.0. The highest BCUT2D eigenvalue weighted by Gasteiger charge is 2.47. The lowest BCUT2D eigenvalue weighted by molar-refractivity contribution is -0.132. The summed E-state index contributed by atoms with van der Waals surface area (Å²) in [6, 6.07) is 16.8. The molecular formula is C30H30ClNO5. The predicted molar refractivity (Wildman–Crippen MR) is 146 cm³/mol. The van der Waals surface area contributed by atoms with Crippen LogP contribution in [0, 0.1) is 6.92 Å². The largest absolute Gasteiger partial charge is 0.507 e. The summed E-state index contributed by atoms with van der Waals surface area (Å²) in [5.74, 6) is -0.650. The maximum atomic E-state index is 13.5. The van der Waals surface area contributed by atoms with Gasteiger partial charge in [-0.15, -0.1) is 0 Å². The lowest BCUT2D eigenvalue weighted by Gasteiger charge is -2.27. The molecular weight excluding hydrogens is 490 g/mol. The van der Waals surface area contributed by atoms with Crippen LogP contribution in [0.4, 0.5) is 5.69 Å². The molecule has 0 aromatic heterocycles. The zero-order chi connectivity index (χ0) is 27.1. The Kier molecular flexibility index (Phi) is 7.07. The highest BCUT2D eigenvalue weighted by molar-refractivity contribution is 6.52. The van der Waals surface area contributed by atoms with Gasteiger partial charge in [0.15, 0.2) is 0 Å². The maximum Gasteiger partial charge on any atom is 0.300 e. The number of aryl methyl sites for hydroxylation is 1. The van der Waals surface area contributed by atoms with Crippen molar-refractivity contribution < 1.29 is 24.2 Å². The van der Waals surface area contributed by atoms with Gasteiger partial charge in [-0.1, -0.05) is 56.6 Å². The van der Waals surface area contributed by atoms with Gasteiger partial charge in [0.2, 0.25) is 0 Å². The van der Waals surface area contributed by atoms with E-state index in [1.807, 2.05) is 52.0 Å². The highest BCUT2D eigenvalue weighted by Crippen LogP contribution is 2.45. The molecule has 6 nitrogen and oxygen atoms in total. The molecule has 1 aliphatic rings. The third kappa shape index (κ3) is 4.69. The van der Waals surface area contributed by atoms with Gasteiger partial charge < -0.3 is 14.6 Å². The number of halogens is 1. The van der Waals surface area contributed by atoms with Gasteiger partial charge in [0.25, 0.3) is 11.7 Å². The minimum atomic E-state index is -0.856. The molecule has 7 heteroatoms. The molecule has 0 spiro atoms. The highest BCUT2D eigenvalue weighted by atomic mass is 35.5. The molecule has 1 fully saturated rings. The average molecular weight is 520 g/mol. The molecule has 0 saturated carbocycles. The van der Waals surface area contributed by atoms with Crippen molar-refractivity contribution >= 4 is 34.7 Å². The van der Waals surface area contributed by atoms with Crippen LogP contribution in [-0.2, 0) is 15.0 Å². The molecule has 0 aliphatic carbocycles. The molecule has 1 unspecified atom stereocenters. The number of aliphatic hydroxyl groups excluding tert-OH is 1. The van der Waals surface area contributed by atoms with Crippen LogP contribution in [0.25, 0.3) is 5.76 Å². The van der Waals surface area contributed by atoms with Crippen molar-refractivity contribution in [2.45, 2.75) is 39.2 Å². The van der Waals surface area contributed by atoms with E-state index in [2.05, 4.69) is 0 Å². The Hall–Kier alpha value is -3.77. The first kappa shape index (κ1) is 26.3. The summed E-state index contributed by atoms with van der Waals surface area (Å²) in [5, 5.41) is 11.9. The molecule has 4 rings (SSSR count). The quantitative estimate of drug-likeness (QED) is 0.234. The molecule has 1 amide bonds. The number of Topliss-reactive ketones (excluding diaryl/α,β-unsaturated/α-hetero) is 1. The van der Waals surface area contributed by atoms with Crippen molar-refractivity contribution in [3.05, 3.63) is 93.5 Å². The van der Waals surface area contributed by atoms with E-state index in [4.69, 9.17) is 21.1 Å². The van der Waals surface area contributed by atoms with Gasteiger partial charge in [-0.05, 0) is 59.9 Å². The Labute approximate surface area is 222 Å². The smallest absolute Gasteiger partial charge is 0.300 e. The number of rotatable bonds is 5. The van der Waals surface area contributed by atoms with Crippen molar-refractivity contribution in [1.29, 1.82) is 0 Å². The summed E-state index contributed by atoms with van der Waals surface area (Å²) < 4.78 is 10.8. The number of hydrogen-bond donors (Lipinski definition) is 1. The van der Waals surface area contributed by atoms with Crippen molar-refractivity contribution in [2.75, 3.05) is 19.1 Å². The maximum absolute atomic E-state index is 13.5. The number of methoxy groups -OCH3 is 2. The van der Waals surface area contributed by atoms with Crippen molar-refractivity contribution in [2.24, 2.45) is 0 Å². The Morgan fingerprint density at radius 2 is 1.59 bits per heavy atom. The van der Waals surface area contributed by atoms with Crippen LogP contribution in [0.5, 0.6) is 11.5 Å². The molecule has 192 valence electrons. The van der Waals surface area contributed by atoms with Crippen LogP contribution in [0.15, 0.2) is 66.2 Å². The van der Waals surface area contributed by atoms with Crippen LogP contribution in [-0.4, -0.2) is 31.0 Å². The molecule has 1 N–H and O–H groups in total. The summed E-state index contributed by atoms with van der Waals surface area (Å²) in [6.45, 7) is 8.01. The summed E-state index contributed by atoms with van der Waals surface area (Å²) in [6.07, 6.45) is 0. The number of amides is 1. The average Bonchev–Trinajstić information content (AvgIpc) is 3.13. The monoisotopic (exact) mass is 519 g/mol. The van der Waals surface area contributed by atoms with Gasteiger partial charge in [-0.25, -0.2) is 0 Å². The van der Waals surface area contributed by atoms with Crippen LogP contribution < -0.4 is 14.4 Å². The van der Waals surface area contributed by atoms with Gasteiger partial charge >= 0.3 is 0 Å². The van der Waals surface area contributed by atoms with E-state index in [-0.39, 0.29) is 16.7 Å². The molecule has 0 bridgehead atoms. The van der Waals surface area contributed by atoms with Crippen LogP contribution in [0.1, 0.15) is 49.1 Å². The molecule has 1 saturated heterocycles. The first-order valence-electron chi connectivity index (χ1n) is 11.9. The van der Waals surface area contributed by atoms with Crippen LogP contribution >= 0.6 is 11.6 Å². The topological polar surface area (TPSA) is 76.1 Å². The number of nitrogens with zero attached hydrogens (tertiary/aromatic N) is 1. The van der Waals surface area contributed by atoms with Gasteiger partial charge in [0.1, 0.15) is 17.3 Å². The van der Waals surface area contributed by atoms with Gasteiger partial charge in [0.05, 0.1) is 30.9 Å². The molecule has 37 heavy (non-hydrogen) atoms. The van der Waals surface area contributed by atoms with Crippen molar-refractivity contribution in [1.82, 2.24) is 0 Å². The Balaban J connectivity index is 1.98. The van der Waals surface area contributed by atoms with Crippen LogP contribution in [0.2, 0.25) is 5.02 Å². The summed E-state index contributed by atoms with van der Waals surface area (Å²) in [7, 11) is 3.09. The van der Waals surface area contributed by atoms with E-state index in [1.54, 1.807) is 43.5 Å². The molecule has 3 aromatic rings. The zero-order valence-electron chi connectivity index (χ0n) is 21.8. The van der Waals surface area contributed by atoms with E-state index in [0.717, 1.165) is 16.7 Å². The Morgan fingerprint density at radius 1 is 0.946 bits per heavy atom. The summed E-state index contributed by atoms with van der Waals surface area (Å²) in [5.41, 5.74) is 3.03.